The summed E-state index contributed by atoms with van der Waals surface area (Å²) in [6.07, 6.45) is 0.273. The molecule has 0 fully saturated rings. The third kappa shape index (κ3) is 25.0. The zero-order valence-electron chi connectivity index (χ0n) is 15.2. The molecular weight excluding hydrogens is 324 g/mol. The van der Waals surface area contributed by atoms with E-state index in [2.05, 4.69) is 25.8 Å². The molecule has 0 saturated carbocycles. The van der Waals surface area contributed by atoms with Gasteiger partial charge in [0.25, 0.3) is 6.48 Å². The molecule has 0 spiro atoms. The molecule has 0 aromatic carbocycles. The summed E-state index contributed by atoms with van der Waals surface area (Å²) >= 11 is 0. The van der Waals surface area contributed by atoms with E-state index >= 15 is 0 Å². The van der Waals surface area contributed by atoms with E-state index < -0.39 is 18.7 Å². The first kappa shape index (κ1) is 26.9. The third-order valence-corrected chi connectivity index (χ3v) is 1.68. The molecule has 11 heteroatoms. The fourth-order valence-corrected chi connectivity index (χ4v) is 0.774. The van der Waals surface area contributed by atoms with E-state index in [4.69, 9.17) is 14.2 Å². The Balaban J connectivity index is -0.000000285. The van der Waals surface area contributed by atoms with E-state index in [1.165, 1.54) is 20.4 Å². The second-order valence-corrected chi connectivity index (χ2v) is 3.28. The molecule has 0 rings (SSSR count). The van der Waals surface area contributed by atoms with Crippen LogP contribution in [-0.4, -0.2) is 58.9 Å². The molecule has 0 unspecified atom stereocenters. The number of carbonyl (C=O) groups is 2. The highest BCUT2D eigenvalue weighted by atomic mass is 16.8. The average molecular weight is 354 g/mol. The second-order valence-electron chi connectivity index (χ2n) is 3.28. The van der Waals surface area contributed by atoms with Gasteiger partial charge in [-0.15, -0.1) is 0 Å². The van der Waals surface area contributed by atoms with Gasteiger partial charge in [0.05, 0.1) is 14.2 Å². The van der Waals surface area contributed by atoms with Gasteiger partial charge >= 0.3 is 12.2 Å². The van der Waals surface area contributed by atoms with Crippen LogP contribution in [-0.2, 0) is 23.7 Å². The van der Waals surface area contributed by atoms with Crippen LogP contribution in [0.15, 0.2) is 5.10 Å². The van der Waals surface area contributed by atoms with E-state index in [0.717, 1.165) is 0 Å². The lowest BCUT2D eigenvalue weighted by Crippen LogP contribution is -2.29. The molecule has 2 amide bonds. The number of nitrogens with two attached hydrogens (primary N) is 1. The van der Waals surface area contributed by atoms with Crippen LogP contribution in [0.2, 0.25) is 0 Å². The van der Waals surface area contributed by atoms with E-state index in [9.17, 15) is 9.59 Å². The number of hydrogen-bond acceptors (Lipinski definition) is 9. The second kappa shape index (κ2) is 23.3. The van der Waals surface area contributed by atoms with Crippen LogP contribution in [0.1, 0.15) is 27.7 Å². The number of nitrogens with zero attached hydrogens (tertiary/aromatic N) is 1. The van der Waals surface area contributed by atoms with E-state index in [-0.39, 0.29) is 0 Å². The van der Waals surface area contributed by atoms with Crippen LogP contribution < -0.4 is 16.7 Å². The van der Waals surface area contributed by atoms with Gasteiger partial charge in [0.15, 0.2) is 0 Å². The van der Waals surface area contributed by atoms with Crippen LogP contribution in [0.5, 0.6) is 0 Å². The normalized spacial score (nSPS) is 9.33. The van der Waals surface area contributed by atoms with Gasteiger partial charge in [0.2, 0.25) is 0 Å². The average Bonchev–Trinajstić information content (AvgIpc) is 2.60. The van der Waals surface area contributed by atoms with Crippen molar-refractivity contribution in [2.24, 2.45) is 10.9 Å². The predicted molar refractivity (Wildman–Crippen MR) is 88.1 cm³/mol. The monoisotopic (exact) mass is 354 g/mol. The van der Waals surface area contributed by atoms with Gasteiger partial charge in [-0.25, -0.2) is 20.9 Å². The maximum absolute atomic E-state index is 10.1. The van der Waals surface area contributed by atoms with Crippen molar-refractivity contribution < 1.29 is 33.3 Å². The molecule has 0 heterocycles. The summed E-state index contributed by atoms with van der Waals surface area (Å²) in [7, 11) is 2.52. The Morgan fingerprint density at radius 3 is 1.62 bits per heavy atom. The number of amides is 2. The quantitative estimate of drug-likeness (QED) is 0.201. The first-order valence-corrected chi connectivity index (χ1v) is 7.18. The molecule has 0 radical (unpaired) electrons. The summed E-state index contributed by atoms with van der Waals surface area (Å²) < 4.78 is 23.4. The molecule has 0 aliphatic carbocycles. The summed E-state index contributed by atoms with van der Waals surface area (Å²) in [6.45, 7) is 8.79. The minimum Gasteiger partial charge on any atom is -0.452 e. The van der Waals surface area contributed by atoms with Crippen LogP contribution >= 0.6 is 0 Å². The number of nitrogens with one attached hydrogen (secondary N) is 2. The molecule has 24 heavy (non-hydrogen) atoms. The van der Waals surface area contributed by atoms with Crippen molar-refractivity contribution in [2.75, 3.05) is 34.0 Å². The van der Waals surface area contributed by atoms with E-state index in [1.54, 1.807) is 12.3 Å². The Kier molecular flexibility index (Phi) is 26.2. The fraction of sp³-hybridized carbons (Fsp3) is 0.769. The van der Waals surface area contributed by atoms with Gasteiger partial charge in [-0.3, -0.25) is 5.43 Å². The first-order valence-electron chi connectivity index (χ1n) is 7.18. The number of hydrazone groups is 1. The Morgan fingerprint density at radius 2 is 1.42 bits per heavy atom. The number of ether oxygens (including phenoxy) is 5. The largest absolute Gasteiger partial charge is 0.452 e. The lowest BCUT2D eigenvalue weighted by Gasteiger charge is -2.15. The van der Waals surface area contributed by atoms with Crippen molar-refractivity contribution in [3.63, 3.8) is 0 Å². The van der Waals surface area contributed by atoms with Gasteiger partial charge in [-0.2, -0.15) is 5.10 Å². The third-order valence-electron chi connectivity index (χ3n) is 1.68. The van der Waals surface area contributed by atoms with Gasteiger partial charge in [0, 0.05) is 26.0 Å². The Labute approximate surface area is 142 Å². The van der Waals surface area contributed by atoms with Crippen molar-refractivity contribution in [1.82, 2.24) is 10.9 Å². The Bertz CT molecular complexity index is 296. The highest BCUT2D eigenvalue weighted by Crippen LogP contribution is 1.95. The van der Waals surface area contributed by atoms with Crippen LogP contribution in [0.25, 0.3) is 0 Å². The van der Waals surface area contributed by atoms with Gasteiger partial charge in [-0.1, -0.05) is 0 Å². The molecule has 0 aromatic rings. The number of hydrogen-bond donors (Lipinski definition) is 3. The molecular formula is C13H30N4O7. The Hall–Kier alpha value is -1.95. The maximum atomic E-state index is 10.1. The lowest BCUT2D eigenvalue weighted by molar-refractivity contribution is -0.282. The zero-order chi connectivity index (χ0) is 19.2. The standard InChI is InChI=1S/C7H16O3.C4H8N2O2.C2H6N2O2/c1-4-8-7(9-5-2)10-6-3;1-3-5-6-4(7)8-2;1-6-2(5)4-3/h7H,4-6H2,1-3H3;3H,1-2H3,(H,6,7);3H2,1H3,(H,4,5). The topological polar surface area (TPSA) is 143 Å². The summed E-state index contributed by atoms with van der Waals surface area (Å²) in [4.78, 5) is 19.8. The van der Waals surface area contributed by atoms with Crippen LogP contribution in [0.3, 0.4) is 0 Å². The van der Waals surface area contributed by atoms with E-state index in [0.29, 0.717) is 19.8 Å². The molecule has 0 aliphatic rings. The highest BCUT2D eigenvalue weighted by molar-refractivity contribution is 5.68. The number of methoxy groups -OCH3 is 2. The van der Waals surface area contributed by atoms with Gasteiger partial charge < -0.3 is 23.7 Å². The minimum atomic E-state index is -0.630. The first-order chi connectivity index (χ1) is 11.5. The SMILES string of the molecule is CC=NNC(=O)OC.CCOC(OCC)OCC.COC(=O)NN. The molecule has 4 N–H and O–H groups in total. The van der Waals surface area contributed by atoms with Gasteiger partial charge in [0.1, 0.15) is 0 Å². The number of hydrazine groups is 1. The molecule has 11 nitrogen and oxygen atoms in total. The highest BCUT2D eigenvalue weighted by Gasteiger charge is 2.04. The van der Waals surface area contributed by atoms with Crippen molar-refractivity contribution in [3.05, 3.63) is 0 Å². The van der Waals surface area contributed by atoms with Crippen molar-refractivity contribution in [3.8, 4) is 0 Å². The molecule has 0 aromatic heterocycles. The predicted octanol–water partition coefficient (Wildman–Crippen LogP) is 0.944. The van der Waals surface area contributed by atoms with Crippen molar-refractivity contribution in [2.45, 2.75) is 34.2 Å². The van der Waals surface area contributed by atoms with Crippen LogP contribution in [0.4, 0.5) is 9.59 Å². The fourth-order valence-electron chi connectivity index (χ4n) is 0.774. The summed E-state index contributed by atoms with van der Waals surface area (Å²) in [5.41, 5.74) is 3.84. The maximum Gasteiger partial charge on any atom is 0.427 e. The summed E-state index contributed by atoms with van der Waals surface area (Å²) in [6, 6.07) is 0. The molecule has 0 aliphatic heterocycles. The van der Waals surface area contributed by atoms with E-state index in [1.807, 2.05) is 20.8 Å². The Morgan fingerprint density at radius 1 is 1.00 bits per heavy atom. The van der Waals surface area contributed by atoms with Crippen LogP contribution in [0, 0.1) is 0 Å². The molecule has 0 saturated heterocycles. The molecule has 0 bridgehead atoms. The number of rotatable bonds is 7. The lowest BCUT2D eigenvalue weighted by atomic mass is 10.8. The summed E-state index contributed by atoms with van der Waals surface area (Å²) in [5, 5.41) is 3.39. The van der Waals surface area contributed by atoms with Gasteiger partial charge in [-0.05, 0) is 27.7 Å². The molecule has 144 valence electrons. The van der Waals surface area contributed by atoms with Crippen molar-refractivity contribution >= 4 is 18.4 Å². The molecule has 0 atom stereocenters. The zero-order valence-corrected chi connectivity index (χ0v) is 15.2. The number of carbonyl (C=O) groups excluding carboxylic acids is 2. The smallest absolute Gasteiger partial charge is 0.427 e. The minimum absolute atomic E-state index is 0.472. The summed E-state index contributed by atoms with van der Waals surface area (Å²) in [5.74, 6) is 4.56. The van der Waals surface area contributed by atoms with Crippen molar-refractivity contribution in [1.29, 1.82) is 0 Å².